The van der Waals surface area contributed by atoms with E-state index in [9.17, 15) is 19.1 Å². The van der Waals surface area contributed by atoms with Crippen molar-refractivity contribution in [3.8, 4) is 5.75 Å². The molecule has 1 saturated heterocycles. The summed E-state index contributed by atoms with van der Waals surface area (Å²) < 4.78 is 19.3. The molecule has 6 heteroatoms. The molecule has 0 aliphatic carbocycles. The van der Waals surface area contributed by atoms with E-state index in [4.69, 9.17) is 4.74 Å². The summed E-state index contributed by atoms with van der Waals surface area (Å²) in [5.74, 6) is -1.85. The highest BCUT2D eigenvalue weighted by Crippen LogP contribution is 2.37. The molecule has 136 valence electrons. The van der Waals surface area contributed by atoms with Gasteiger partial charge < -0.3 is 14.7 Å². The number of amides is 1. The maximum atomic E-state index is 14.2. The molecule has 0 saturated carbocycles. The van der Waals surface area contributed by atoms with E-state index in [1.807, 2.05) is 18.2 Å². The average molecular weight is 357 g/mol. The van der Waals surface area contributed by atoms with Crippen LogP contribution in [0.5, 0.6) is 5.75 Å². The monoisotopic (exact) mass is 357 g/mol. The number of piperidine rings is 1. The van der Waals surface area contributed by atoms with Gasteiger partial charge in [-0.25, -0.2) is 4.39 Å². The summed E-state index contributed by atoms with van der Waals surface area (Å²) in [6, 6.07) is 13.3. The van der Waals surface area contributed by atoms with E-state index in [1.165, 1.54) is 30.2 Å². The second-order valence-corrected chi connectivity index (χ2v) is 6.36. The van der Waals surface area contributed by atoms with Gasteiger partial charge in [0.2, 0.25) is 0 Å². The van der Waals surface area contributed by atoms with Gasteiger partial charge in [0.25, 0.3) is 5.91 Å². The van der Waals surface area contributed by atoms with Crippen LogP contribution < -0.4 is 4.74 Å². The molecule has 1 aliphatic rings. The zero-order chi connectivity index (χ0) is 18.7. The van der Waals surface area contributed by atoms with E-state index in [2.05, 4.69) is 0 Å². The van der Waals surface area contributed by atoms with Gasteiger partial charge >= 0.3 is 5.97 Å². The van der Waals surface area contributed by atoms with Crippen LogP contribution in [0.3, 0.4) is 0 Å². The van der Waals surface area contributed by atoms with Gasteiger partial charge in [0.05, 0.1) is 12.5 Å². The van der Waals surface area contributed by atoms with Crippen LogP contribution >= 0.6 is 0 Å². The zero-order valence-corrected chi connectivity index (χ0v) is 14.4. The summed E-state index contributed by atoms with van der Waals surface area (Å²) in [5.41, 5.74) is -0.419. The predicted molar refractivity (Wildman–Crippen MR) is 93.8 cm³/mol. The second kappa shape index (κ2) is 7.15. The van der Waals surface area contributed by atoms with Gasteiger partial charge in [-0.3, -0.25) is 9.59 Å². The summed E-state index contributed by atoms with van der Waals surface area (Å²) in [6.45, 7) is 0.467. The Hall–Kier alpha value is -2.89. The Morgan fingerprint density at radius 3 is 2.31 bits per heavy atom. The van der Waals surface area contributed by atoms with Crippen molar-refractivity contribution in [2.24, 2.45) is 0 Å². The van der Waals surface area contributed by atoms with Gasteiger partial charge in [-0.1, -0.05) is 36.4 Å². The van der Waals surface area contributed by atoms with Crippen LogP contribution in [0.25, 0.3) is 0 Å². The van der Waals surface area contributed by atoms with Crippen LogP contribution in [-0.4, -0.2) is 42.1 Å². The molecule has 26 heavy (non-hydrogen) atoms. The van der Waals surface area contributed by atoms with E-state index >= 15 is 0 Å². The van der Waals surface area contributed by atoms with Crippen LogP contribution in [-0.2, 0) is 10.2 Å². The molecule has 0 aromatic heterocycles. The number of rotatable bonds is 4. The minimum absolute atomic E-state index is 0.113. The molecular weight excluding hydrogens is 337 g/mol. The molecule has 3 rings (SSSR count). The Kier molecular flexibility index (Phi) is 4.93. The quantitative estimate of drug-likeness (QED) is 0.913. The Labute approximate surface area is 151 Å². The third-order valence-electron chi connectivity index (χ3n) is 5.05. The van der Waals surface area contributed by atoms with Crippen molar-refractivity contribution >= 4 is 11.9 Å². The fourth-order valence-electron chi connectivity index (χ4n) is 3.51. The molecule has 0 unspecified atom stereocenters. The highest BCUT2D eigenvalue weighted by atomic mass is 19.1. The molecule has 1 N–H and O–H groups in total. The van der Waals surface area contributed by atoms with Crippen molar-refractivity contribution in [2.45, 2.75) is 18.3 Å². The number of likely N-dealkylation sites (tertiary alicyclic amines) is 1. The van der Waals surface area contributed by atoms with E-state index < -0.39 is 23.1 Å². The summed E-state index contributed by atoms with van der Waals surface area (Å²) in [5, 5.41) is 9.83. The highest BCUT2D eigenvalue weighted by molar-refractivity contribution is 5.97. The third kappa shape index (κ3) is 3.03. The molecule has 2 aromatic carbocycles. The van der Waals surface area contributed by atoms with E-state index in [-0.39, 0.29) is 37.2 Å². The normalized spacial score (nSPS) is 16.2. The number of carboxylic acids is 1. The Morgan fingerprint density at radius 2 is 1.73 bits per heavy atom. The van der Waals surface area contributed by atoms with Crippen molar-refractivity contribution in [1.82, 2.24) is 4.90 Å². The Bertz CT molecular complexity index is 814. The van der Waals surface area contributed by atoms with Gasteiger partial charge in [0, 0.05) is 13.1 Å². The number of aliphatic carboxylic acids is 1. The summed E-state index contributed by atoms with van der Waals surface area (Å²) in [4.78, 5) is 26.3. The summed E-state index contributed by atoms with van der Waals surface area (Å²) in [7, 11) is 1.38. The van der Waals surface area contributed by atoms with E-state index in [0.717, 1.165) is 5.56 Å². The lowest BCUT2D eigenvalue weighted by atomic mass is 9.72. The van der Waals surface area contributed by atoms with E-state index in [0.29, 0.717) is 0 Å². The molecular formula is C20H20FNO4. The number of carboxylic acid groups (broad SMARTS) is 1. The SMILES string of the molecule is COc1cccc(F)c1C(=O)N1CCC(C(=O)O)(c2ccccc2)CC1. The molecule has 2 aromatic rings. The zero-order valence-electron chi connectivity index (χ0n) is 14.4. The largest absolute Gasteiger partial charge is 0.496 e. The van der Waals surface area contributed by atoms with Crippen LogP contribution in [0.4, 0.5) is 4.39 Å². The highest BCUT2D eigenvalue weighted by Gasteiger charge is 2.44. The first-order valence-corrected chi connectivity index (χ1v) is 8.40. The minimum atomic E-state index is -1.03. The molecule has 1 aliphatic heterocycles. The number of hydrogen-bond donors (Lipinski definition) is 1. The summed E-state index contributed by atoms with van der Waals surface area (Å²) in [6.07, 6.45) is 0.545. The number of nitrogens with zero attached hydrogens (tertiary/aromatic N) is 1. The first kappa shape index (κ1) is 17.9. The van der Waals surface area contributed by atoms with Crippen molar-refractivity contribution in [3.05, 3.63) is 65.5 Å². The maximum absolute atomic E-state index is 14.2. The lowest BCUT2D eigenvalue weighted by molar-refractivity contribution is -0.145. The molecule has 1 heterocycles. The van der Waals surface area contributed by atoms with Gasteiger partial charge in [-0.2, -0.15) is 0 Å². The van der Waals surface area contributed by atoms with Crippen LogP contribution in [0, 0.1) is 5.82 Å². The fraction of sp³-hybridized carbons (Fsp3) is 0.300. The standard InChI is InChI=1S/C20H20FNO4/c1-26-16-9-5-8-15(21)17(16)18(23)22-12-10-20(11-13-22,19(24)25)14-6-3-2-4-7-14/h2-9H,10-13H2,1H3,(H,24,25). The van der Waals surface area contributed by atoms with Gasteiger partial charge in [0.15, 0.2) is 0 Å². The lowest BCUT2D eigenvalue weighted by Gasteiger charge is -2.39. The smallest absolute Gasteiger partial charge is 0.314 e. The predicted octanol–water partition coefficient (Wildman–Crippen LogP) is 3.09. The molecule has 0 atom stereocenters. The van der Waals surface area contributed by atoms with Crippen LogP contribution in [0.15, 0.2) is 48.5 Å². The van der Waals surface area contributed by atoms with Gasteiger partial charge in [0.1, 0.15) is 17.1 Å². The van der Waals surface area contributed by atoms with Crippen molar-refractivity contribution in [2.75, 3.05) is 20.2 Å². The molecule has 5 nitrogen and oxygen atoms in total. The number of ether oxygens (including phenoxy) is 1. The van der Waals surface area contributed by atoms with Gasteiger partial charge in [-0.05, 0) is 30.5 Å². The number of carbonyl (C=O) groups is 2. The topological polar surface area (TPSA) is 66.8 Å². The third-order valence-corrected chi connectivity index (χ3v) is 5.05. The first-order chi connectivity index (χ1) is 12.5. The summed E-state index contributed by atoms with van der Waals surface area (Å²) >= 11 is 0. The first-order valence-electron chi connectivity index (χ1n) is 8.40. The number of halogens is 1. The maximum Gasteiger partial charge on any atom is 0.314 e. The molecule has 0 radical (unpaired) electrons. The molecule has 1 fully saturated rings. The number of benzene rings is 2. The Morgan fingerprint density at radius 1 is 1.08 bits per heavy atom. The van der Waals surface area contributed by atoms with Crippen LogP contribution in [0.1, 0.15) is 28.8 Å². The number of carbonyl (C=O) groups excluding carboxylic acids is 1. The average Bonchev–Trinajstić information content (AvgIpc) is 2.67. The molecule has 1 amide bonds. The fourth-order valence-corrected chi connectivity index (χ4v) is 3.51. The number of hydrogen-bond acceptors (Lipinski definition) is 3. The Balaban J connectivity index is 1.84. The van der Waals surface area contributed by atoms with Crippen molar-refractivity contribution in [1.29, 1.82) is 0 Å². The molecule has 0 bridgehead atoms. The number of methoxy groups -OCH3 is 1. The lowest BCUT2D eigenvalue weighted by Crippen LogP contribution is -2.49. The van der Waals surface area contributed by atoms with Gasteiger partial charge in [-0.15, -0.1) is 0 Å². The van der Waals surface area contributed by atoms with E-state index in [1.54, 1.807) is 12.1 Å². The molecule has 0 spiro atoms. The van der Waals surface area contributed by atoms with Crippen molar-refractivity contribution in [3.63, 3.8) is 0 Å². The van der Waals surface area contributed by atoms with Crippen molar-refractivity contribution < 1.29 is 23.8 Å². The van der Waals surface area contributed by atoms with Crippen LogP contribution in [0.2, 0.25) is 0 Å². The minimum Gasteiger partial charge on any atom is -0.496 e. The second-order valence-electron chi connectivity index (χ2n) is 6.36.